The van der Waals surface area contributed by atoms with E-state index in [1.807, 2.05) is 0 Å². The maximum Gasteiger partial charge on any atom is 0.222 e. The standard InChI is InChI=1S/C37H46ClF4N5O8/c38-12-3-1-2-4-13-49-16-17-50-14-5-15-51-18-19-52-20-21-53-34-29(39)31(41)35(32(42)30(34)40)55-22-26(48)9-6-25-7-10-27(11-8-25)54-23-28-33-36(45-24-44-33)47-37(43)46-28/h7-8,10-11,24H,1-6,9,12-23H2,(H3,43,44,45,46,47). The minimum absolute atomic E-state index is 0.0658. The molecule has 0 unspecified atom stereocenters. The molecule has 0 saturated carbocycles. The van der Waals surface area contributed by atoms with Crippen molar-refractivity contribution in [3.63, 3.8) is 0 Å². The van der Waals surface area contributed by atoms with E-state index in [0.29, 0.717) is 67.9 Å². The fourth-order valence-corrected chi connectivity index (χ4v) is 5.22. The molecule has 0 aliphatic rings. The summed E-state index contributed by atoms with van der Waals surface area (Å²) in [5.41, 5.74) is 8.03. The van der Waals surface area contributed by atoms with E-state index in [0.717, 1.165) is 31.2 Å². The zero-order valence-electron chi connectivity index (χ0n) is 30.4. The van der Waals surface area contributed by atoms with Crippen LogP contribution in [-0.2, 0) is 36.8 Å². The molecule has 18 heteroatoms. The van der Waals surface area contributed by atoms with Crippen LogP contribution < -0.4 is 19.9 Å². The molecular formula is C37H46ClF4N5O8. The van der Waals surface area contributed by atoms with E-state index in [9.17, 15) is 22.4 Å². The monoisotopic (exact) mass is 799 g/mol. The summed E-state index contributed by atoms with van der Waals surface area (Å²) in [7, 11) is 0. The number of nitrogens with one attached hydrogen (secondary N) is 1. The second-order valence-electron chi connectivity index (χ2n) is 12.1. The van der Waals surface area contributed by atoms with Gasteiger partial charge in [-0.1, -0.05) is 25.0 Å². The highest BCUT2D eigenvalue weighted by Gasteiger charge is 2.28. The summed E-state index contributed by atoms with van der Waals surface area (Å²) >= 11 is 5.64. The molecule has 0 bridgehead atoms. The number of aromatic amines is 1. The van der Waals surface area contributed by atoms with Gasteiger partial charge in [0.2, 0.25) is 29.2 Å². The molecule has 0 spiro atoms. The highest BCUT2D eigenvalue weighted by atomic mass is 35.5. The molecule has 0 aliphatic heterocycles. The number of halogens is 5. The zero-order valence-corrected chi connectivity index (χ0v) is 31.2. The van der Waals surface area contributed by atoms with Crippen LogP contribution in [0.5, 0.6) is 17.2 Å². The first-order chi connectivity index (χ1) is 26.8. The second kappa shape index (κ2) is 24.3. The van der Waals surface area contributed by atoms with Gasteiger partial charge in [-0.05, 0) is 43.4 Å². The number of hydrogen-bond donors (Lipinski definition) is 2. The van der Waals surface area contributed by atoms with Crippen molar-refractivity contribution in [1.82, 2.24) is 19.9 Å². The number of hydrogen-bond acceptors (Lipinski definition) is 12. The van der Waals surface area contributed by atoms with E-state index >= 15 is 0 Å². The molecule has 2 aromatic heterocycles. The third kappa shape index (κ3) is 14.7. The summed E-state index contributed by atoms with van der Waals surface area (Å²) in [5.74, 6) is -9.13. The van der Waals surface area contributed by atoms with Gasteiger partial charge in [0.05, 0.1) is 39.4 Å². The van der Waals surface area contributed by atoms with E-state index in [1.54, 1.807) is 24.3 Å². The van der Waals surface area contributed by atoms with Gasteiger partial charge in [0.15, 0.2) is 22.9 Å². The van der Waals surface area contributed by atoms with Gasteiger partial charge in [0, 0.05) is 32.1 Å². The number of nitrogens with zero attached hydrogens (tertiary/aromatic N) is 3. The van der Waals surface area contributed by atoms with Gasteiger partial charge in [-0.2, -0.15) is 22.5 Å². The molecule has 0 saturated heterocycles. The summed E-state index contributed by atoms with van der Waals surface area (Å²) < 4.78 is 95.8. The smallest absolute Gasteiger partial charge is 0.222 e. The average molecular weight is 800 g/mol. The van der Waals surface area contributed by atoms with Gasteiger partial charge in [-0.15, -0.1) is 11.6 Å². The minimum atomic E-state index is -1.82. The summed E-state index contributed by atoms with van der Waals surface area (Å²) in [5, 5.41) is 0. The first kappa shape index (κ1) is 43.4. The summed E-state index contributed by atoms with van der Waals surface area (Å²) in [4.78, 5) is 27.6. The summed E-state index contributed by atoms with van der Waals surface area (Å²) in [6.45, 7) is 1.89. The topological polar surface area (TPSA) is 162 Å². The quantitative estimate of drug-likeness (QED) is 0.0274. The lowest BCUT2D eigenvalue weighted by atomic mass is 10.1. The zero-order chi connectivity index (χ0) is 39.3. The predicted octanol–water partition coefficient (Wildman–Crippen LogP) is 6.29. The number of carbonyl (C=O) groups excluding carboxylic acids is 1. The van der Waals surface area contributed by atoms with Crippen molar-refractivity contribution in [2.75, 3.05) is 77.7 Å². The van der Waals surface area contributed by atoms with E-state index in [-0.39, 0.29) is 45.2 Å². The Morgan fingerprint density at radius 3 is 1.93 bits per heavy atom. The molecule has 0 aliphatic carbocycles. The van der Waals surface area contributed by atoms with Crippen LogP contribution in [0, 0.1) is 23.3 Å². The van der Waals surface area contributed by atoms with E-state index in [4.69, 9.17) is 50.5 Å². The van der Waals surface area contributed by atoms with Gasteiger partial charge < -0.3 is 43.9 Å². The Hall–Kier alpha value is -4.29. The maximum atomic E-state index is 14.6. The third-order valence-corrected chi connectivity index (χ3v) is 8.16. The van der Waals surface area contributed by atoms with Crippen molar-refractivity contribution in [3.05, 3.63) is 65.1 Å². The lowest BCUT2D eigenvalue weighted by molar-refractivity contribution is -0.121. The predicted molar refractivity (Wildman–Crippen MR) is 195 cm³/mol. The van der Waals surface area contributed by atoms with Crippen molar-refractivity contribution >= 4 is 34.5 Å². The molecule has 0 fully saturated rings. The van der Waals surface area contributed by atoms with Crippen LogP contribution >= 0.6 is 11.6 Å². The molecule has 4 aromatic rings. The van der Waals surface area contributed by atoms with Crippen molar-refractivity contribution in [2.45, 2.75) is 51.6 Å². The molecule has 13 nitrogen and oxygen atoms in total. The highest BCUT2D eigenvalue weighted by molar-refractivity contribution is 6.17. The number of Topliss-reactive ketones (excluding diaryl/α,β-unsaturated/α-hetero) is 1. The molecule has 3 N–H and O–H groups in total. The van der Waals surface area contributed by atoms with Crippen LogP contribution in [-0.4, -0.2) is 97.7 Å². The number of fused-ring (bicyclic) bond motifs is 1. The van der Waals surface area contributed by atoms with E-state index in [1.165, 1.54) is 6.33 Å². The molecule has 0 amide bonds. The summed E-state index contributed by atoms with van der Waals surface area (Å²) in [6, 6.07) is 6.85. The molecule has 0 atom stereocenters. The van der Waals surface area contributed by atoms with E-state index < -0.39 is 53.8 Å². The van der Waals surface area contributed by atoms with Gasteiger partial charge >= 0.3 is 0 Å². The molecule has 0 radical (unpaired) electrons. The molecule has 55 heavy (non-hydrogen) atoms. The van der Waals surface area contributed by atoms with Crippen LogP contribution in [0.4, 0.5) is 23.5 Å². The number of nitrogens with two attached hydrogens (primary N) is 1. The number of benzene rings is 2. The molecule has 302 valence electrons. The van der Waals surface area contributed by atoms with Crippen molar-refractivity contribution in [2.24, 2.45) is 0 Å². The first-order valence-corrected chi connectivity index (χ1v) is 18.5. The number of H-pyrrole nitrogens is 1. The number of aromatic nitrogens is 4. The first-order valence-electron chi connectivity index (χ1n) is 18.0. The summed E-state index contributed by atoms with van der Waals surface area (Å²) in [6.07, 6.45) is 6.60. The Labute approximate surface area is 321 Å². The Morgan fingerprint density at radius 1 is 0.691 bits per heavy atom. The lowest BCUT2D eigenvalue weighted by Crippen LogP contribution is -2.16. The molecule has 2 heterocycles. The number of anilines is 1. The number of ketones is 1. The van der Waals surface area contributed by atoms with Gasteiger partial charge in [-0.3, -0.25) is 4.79 Å². The maximum absolute atomic E-state index is 14.6. The Bertz CT molecular complexity index is 1730. The van der Waals surface area contributed by atoms with Crippen LogP contribution in [0.3, 0.4) is 0 Å². The lowest BCUT2D eigenvalue weighted by Gasteiger charge is -2.14. The van der Waals surface area contributed by atoms with Gasteiger partial charge in [-0.25, -0.2) is 9.97 Å². The Balaban J connectivity index is 1.06. The Morgan fingerprint density at radius 2 is 1.27 bits per heavy atom. The van der Waals surface area contributed by atoms with Crippen molar-refractivity contribution in [3.8, 4) is 17.2 Å². The fourth-order valence-electron chi connectivity index (χ4n) is 5.04. The number of alkyl halides is 1. The van der Waals surface area contributed by atoms with Crippen molar-refractivity contribution < 1.29 is 55.5 Å². The molecule has 2 aromatic carbocycles. The highest BCUT2D eigenvalue weighted by Crippen LogP contribution is 2.34. The van der Waals surface area contributed by atoms with Crippen LogP contribution in [0.15, 0.2) is 30.6 Å². The second-order valence-corrected chi connectivity index (χ2v) is 12.4. The number of aryl methyl sites for hydroxylation is 1. The number of nitrogen functional groups attached to an aromatic ring is 1. The van der Waals surface area contributed by atoms with Crippen LogP contribution in [0.25, 0.3) is 11.2 Å². The fraction of sp³-hybridized carbons (Fsp3) is 0.514. The minimum Gasteiger partial charge on any atom is -0.487 e. The van der Waals surface area contributed by atoms with Crippen molar-refractivity contribution in [1.29, 1.82) is 0 Å². The van der Waals surface area contributed by atoms with E-state index in [2.05, 4.69) is 19.9 Å². The van der Waals surface area contributed by atoms with Gasteiger partial charge in [0.1, 0.15) is 36.8 Å². The molecular weight excluding hydrogens is 754 g/mol. The number of imidazole rings is 1. The largest absolute Gasteiger partial charge is 0.487 e. The number of rotatable bonds is 29. The number of unbranched alkanes of at least 4 members (excludes halogenated alkanes) is 3. The normalized spacial score (nSPS) is 11.4. The number of carbonyl (C=O) groups is 1. The van der Waals surface area contributed by atoms with Crippen LogP contribution in [0.2, 0.25) is 0 Å². The van der Waals surface area contributed by atoms with Crippen LogP contribution in [0.1, 0.15) is 49.8 Å². The number of ether oxygens (including phenoxy) is 7. The van der Waals surface area contributed by atoms with Gasteiger partial charge in [0.25, 0.3) is 0 Å². The Kier molecular flexibility index (Phi) is 19.2. The average Bonchev–Trinajstić information content (AvgIpc) is 3.66. The SMILES string of the molecule is Nc1nc(COc2ccc(CCC(=O)COc3c(F)c(F)c(OCCOCCOCCCOCCOCCCCCCCl)c(F)c3F)cc2)c2[nH]cnc2n1. The molecule has 4 rings (SSSR count). The third-order valence-electron chi connectivity index (χ3n) is 7.90.